The largest absolute Gasteiger partial charge is 0.352 e. The number of amides is 6. The summed E-state index contributed by atoms with van der Waals surface area (Å²) in [6, 6.07) is -0.445. The highest BCUT2D eigenvalue weighted by molar-refractivity contribution is 6.02. The Balaban J connectivity index is 1.51. The molecule has 0 spiro atoms. The van der Waals surface area contributed by atoms with Crippen LogP contribution in [0.5, 0.6) is 0 Å². The maximum atomic E-state index is 12.5. The number of nitrogens with zero attached hydrogens (tertiary/aromatic N) is 2. The smallest absolute Gasteiger partial charge is 0.229 e. The first-order valence-corrected chi connectivity index (χ1v) is 11.1. The van der Waals surface area contributed by atoms with Crippen LogP contribution in [-0.4, -0.2) is 70.4 Å². The molecule has 10 heteroatoms. The van der Waals surface area contributed by atoms with Crippen LogP contribution in [0, 0.1) is 10.8 Å². The predicted molar refractivity (Wildman–Crippen MR) is 113 cm³/mol. The third kappa shape index (κ3) is 4.40. The Kier molecular flexibility index (Phi) is 6.44. The van der Waals surface area contributed by atoms with Crippen molar-refractivity contribution >= 4 is 35.4 Å². The summed E-state index contributed by atoms with van der Waals surface area (Å²) in [4.78, 5) is 74.1. The van der Waals surface area contributed by atoms with Gasteiger partial charge in [-0.3, -0.25) is 38.6 Å². The highest BCUT2D eigenvalue weighted by Crippen LogP contribution is 2.53. The quantitative estimate of drug-likeness (QED) is 0.506. The van der Waals surface area contributed by atoms with E-state index in [0.29, 0.717) is 0 Å². The maximum Gasteiger partial charge on any atom is 0.229 e. The molecule has 3 aliphatic rings. The SMILES string of the molecule is CC1(C)C(NC(=O)CCN2C(=O)CCC2=O)C(C)(C)C1NC(=O)CCN1C(=O)CCC1=O. The summed E-state index contributed by atoms with van der Waals surface area (Å²) < 4.78 is 0. The molecule has 32 heavy (non-hydrogen) atoms. The third-order valence-electron chi connectivity index (χ3n) is 7.02. The zero-order chi connectivity index (χ0) is 23.8. The van der Waals surface area contributed by atoms with E-state index in [4.69, 9.17) is 0 Å². The number of likely N-dealkylation sites (tertiary alicyclic amines) is 2. The molecule has 2 saturated heterocycles. The Morgan fingerprint density at radius 3 is 1.25 bits per heavy atom. The monoisotopic (exact) mass is 448 g/mol. The number of carbonyl (C=O) groups excluding carboxylic acids is 6. The van der Waals surface area contributed by atoms with Gasteiger partial charge in [-0.25, -0.2) is 0 Å². The first kappa shape index (κ1) is 23.9. The lowest BCUT2D eigenvalue weighted by molar-refractivity contribution is -0.143. The summed E-state index contributed by atoms with van der Waals surface area (Å²) in [6.45, 7) is 7.96. The van der Waals surface area contributed by atoms with Gasteiger partial charge in [0, 0.05) is 74.5 Å². The van der Waals surface area contributed by atoms with Crippen LogP contribution < -0.4 is 10.6 Å². The molecular weight excluding hydrogens is 416 g/mol. The molecule has 10 nitrogen and oxygen atoms in total. The molecule has 1 aliphatic carbocycles. The van der Waals surface area contributed by atoms with Crippen molar-refractivity contribution in [1.82, 2.24) is 20.4 Å². The first-order valence-electron chi connectivity index (χ1n) is 11.1. The van der Waals surface area contributed by atoms with E-state index < -0.39 is 10.8 Å². The number of rotatable bonds is 8. The summed E-state index contributed by atoms with van der Waals surface area (Å²) in [7, 11) is 0. The van der Waals surface area contributed by atoms with E-state index >= 15 is 0 Å². The van der Waals surface area contributed by atoms with Crippen LogP contribution in [0.2, 0.25) is 0 Å². The zero-order valence-electron chi connectivity index (χ0n) is 19.2. The van der Waals surface area contributed by atoms with Gasteiger partial charge in [-0.1, -0.05) is 27.7 Å². The van der Waals surface area contributed by atoms with Crippen LogP contribution in [0.3, 0.4) is 0 Å². The van der Waals surface area contributed by atoms with E-state index in [1.165, 1.54) is 0 Å². The Morgan fingerprint density at radius 2 is 0.969 bits per heavy atom. The van der Waals surface area contributed by atoms with Gasteiger partial charge in [0.05, 0.1) is 0 Å². The highest BCUT2D eigenvalue weighted by atomic mass is 16.2. The molecule has 0 aromatic heterocycles. The summed E-state index contributed by atoms with van der Waals surface area (Å²) in [6.07, 6.45) is 0.870. The number of hydrogen-bond acceptors (Lipinski definition) is 6. The van der Waals surface area contributed by atoms with Gasteiger partial charge in [0.1, 0.15) is 0 Å². The van der Waals surface area contributed by atoms with E-state index in [-0.39, 0.29) is 99.1 Å². The van der Waals surface area contributed by atoms with Crippen molar-refractivity contribution in [2.45, 2.75) is 78.3 Å². The van der Waals surface area contributed by atoms with Crippen LogP contribution in [0.15, 0.2) is 0 Å². The first-order chi connectivity index (χ1) is 14.9. The van der Waals surface area contributed by atoms with Gasteiger partial charge >= 0.3 is 0 Å². The van der Waals surface area contributed by atoms with E-state index in [1.54, 1.807) is 0 Å². The molecule has 0 radical (unpaired) electrons. The van der Waals surface area contributed by atoms with Gasteiger partial charge in [0.15, 0.2) is 0 Å². The second-order valence-corrected chi connectivity index (χ2v) is 10.0. The van der Waals surface area contributed by atoms with Crippen molar-refractivity contribution in [3.8, 4) is 0 Å². The van der Waals surface area contributed by atoms with Crippen LogP contribution in [0.1, 0.15) is 66.2 Å². The van der Waals surface area contributed by atoms with Crippen LogP contribution in [0.25, 0.3) is 0 Å². The Labute approximate surface area is 187 Å². The van der Waals surface area contributed by atoms with Crippen molar-refractivity contribution in [3.63, 3.8) is 0 Å². The van der Waals surface area contributed by atoms with E-state index in [0.717, 1.165) is 9.80 Å². The second-order valence-electron chi connectivity index (χ2n) is 10.0. The average molecular weight is 449 g/mol. The molecule has 0 aromatic carbocycles. The van der Waals surface area contributed by atoms with Gasteiger partial charge in [-0.05, 0) is 0 Å². The summed E-state index contributed by atoms with van der Waals surface area (Å²) in [5, 5.41) is 6.01. The summed E-state index contributed by atoms with van der Waals surface area (Å²) in [5.74, 6) is -1.47. The molecule has 0 aromatic rings. The molecule has 2 N–H and O–H groups in total. The van der Waals surface area contributed by atoms with Gasteiger partial charge < -0.3 is 10.6 Å². The van der Waals surface area contributed by atoms with Crippen LogP contribution in [-0.2, 0) is 28.8 Å². The number of imide groups is 2. The number of carbonyl (C=O) groups is 6. The molecule has 3 rings (SSSR count). The van der Waals surface area contributed by atoms with Crippen molar-refractivity contribution in [2.75, 3.05) is 13.1 Å². The molecule has 0 unspecified atom stereocenters. The fraction of sp³-hybridized carbons (Fsp3) is 0.727. The number of hydrogen-bond donors (Lipinski definition) is 2. The van der Waals surface area contributed by atoms with E-state index in [9.17, 15) is 28.8 Å². The fourth-order valence-corrected chi connectivity index (χ4v) is 5.54. The normalized spacial score (nSPS) is 26.4. The van der Waals surface area contributed by atoms with Gasteiger partial charge in [-0.2, -0.15) is 0 Å². The minimum atomic E-state index is -0.437. The molecule has 176 valence electrons. The minimum absolute atomic E-state index is 0.0368. The minimum Gasteiger partial charge on any atom is -0.352 e. The molecule has 3 fully saturated rings. The molecule has 2 aliphatic heterocycles. The molecule has 1 saturated carbocycles. The van der Waals surface area contributed by atoms with Crippen molar-refractivity contribution < 1.29 is 28.8 Å². The topological polar surface area (TPSA) is 133 Å². The van der Waals surface area contributed by atoms with Crippen LogP contribution >= 0.6 is 0 Å². The van der Waals surface area contributed by atoms with E-state index in [1.807, 2.05) is 27.7 Å². The van der Waals surface area contributed by atoms with Crippen molar-refractivity contribution in [1.29, 1.82) is 0 Å². The Bertz CT molecular complexity index is 750. The number of nitrogens with one attached hydrogen (secondary N) is 2. The zero-order valence-corrected chi connectivity index (χ0v) is 19.2. The van der Waals surface area contributed by atoms with Crippen LogP contribution in [0.4, 0.5) is 0 Å². The maximum absolute atomic E-state index is 12.5. The molecule has 0 atom stereocenters. The van der Waals surface area contributed by atoms with Gasteiger partial charge in [-0.15, -0.1) is 0 Å². The lowest BCUT2D eigenvalue weighted by Gasteiger charge is -2.64. The van der Waals surface area contributed by atoms with Crippen molar-refractivity contribution in [2.24, 2.45) is 10.8 Å². The molecule has 2 heterocycles. The molecule has 6 amide bonds. The highest BCUT2D eigenvalue weighted by Gasteiger charge is 2.62. The van der Waals surface area contributed by atoms with Gasteiger partial charge in [0.2, 0.25) is 35.4 Å². The Morgan fingerprint density at radius 1 is 0.688 bits per heavy atom. The summed E-state index contributed by atoms with van der Waals surface area (Å²) in [5.41, 5.74) is -0.874. The predicted octanol–water partition coefficient (Wildman–Crippen LogP) is 0.100. The lowest BCUT2D eigenvalue weighted by Crippen LogP contribution is -2.77. The molecule has 0 bridgehead atoms. The van der Waals surface area contributed by atoms with Gasteiger partial charge in [0.25, 0.3) is 0 Å². The third-order valence-corrected chi connectivity index (χ3v) is 7.02. The lowest BCUT2D eigenvalue weighted by atomic mass is 9.48. The molecular formula is C22H32N4O6. The average Bonchev–Trinajstić information content (AvgIpc) is 3.21. The van der Waals surface area contributed by atoms with E-state index in [2.05, 4.69) is 10.6 Å². The Hall–Kier alpha value is -2.78. The van der Waals surface area contributed by atoms with Crippen molar-refractivity contribution in [3.05, 3.63) is 0 Å². The fourth-order valence-electron chi connectivity index (χ4n) is 5.54. The second kappa shape index (κ2) is 8.63. The summed E-state index contributed by atoms with van der Waals surface area (Å²) >= 11 is 0. The standard InChI is InChI=1S/C22H32N4O6/c1-21(2)19(23-13(27)9-11-25-15(29)5-6-16(25)30)22(3,4)20(21)24-14(28)10-12-26-17(31)7-8-18(26)32/h19-20H,5-12H2,1-4H3,(H,23,27)(H,24,28).